The number of thioether (sulfide) groups is 2. The molecule has 2 rings (SSSR count). The Morgan fingerprint density at radius 3 is 2.52 bits per heavy atom. The fourth-order valence-electron chi connectivity index (χ4n) is 1.93. The van der Waals surface area contributed by atoms with E-state index in [0.29, 0.717) is 6.54 Å². The molecule has 0 heterocycles. The molecule has 1 N–H and O–H groups in total. The third-order valence-corrected chi connectivity index (χ3v) is 4.82. The number of hydrogen-bond donors (Lipinski definition) is 1. The summed E-state index contributed by atoms with van der Waals surface area (Å²) in [7, 11) is 0. The largest absolute Gasteiger partial charge is 0.351 e. The number of carbonyl (C=O) groups is 1. The summed E-state index contributed by atoms with van der Waals surface area (Å²) < 4.78 is 0. The Morgan fingerprint density at radius 2 is 1.76 bits per heavy atom. The van der Waals surface area contributed by atoms with Crippen LogP contribution in [0.5, 0.6) is 0 Å². The quantitative estimate of drug-likeness (QED) is 0.616. The Kier molecular flexibility index (Phi) is 6.70. The maximum atomic E-state index is 12.1. The minimum absolute atomic E-state index is 0.0141. The van der Waals surface area contributed by atoms with Crippen LogP contribution in [0.2, 0.25) is 0 Å². The zero-order valence-corrected chi connectivity index (χ0v) is 13.7. The first-order valence-corrected chi connectivity index (χ1v) is 9.22. The molecule has 0 atom stereocenters. The van der Waals surface area contributed by atoms with Gasteiger partial charge in [0.2, 0.25) is 0 Å². The van der Waals surface area contributed by atoms with Crippen molar-refractivity contribution in [2.75, 3.05) is 18.6 Å². The van der Waals surface area contributed by atoms with Crippen LogP contribution >= 0.6 is 23.5 Å². The van der Waals surface area contributed by atoms with E-state index >= 15 is 0 Å². The Balaban J connectivity index is 1.72. The second-order valence-corrected chi connectivity index (χ2v) is 6.45. The molecule has 2 nitrogen and oxygen atoms in total. The summed E-state index contributed by atoms with van der Waals surface area (Å²) >= 11 is 3.43. The first-order chi connectivity index (χ1) is 10.3. The summed E-state index contributed by atoms with van der Waals surface area (Å²) in [5, 5.41) is 2.99. The van der Waals surface area contributed by atoms with Gasteiger partial charge in [0.25, 0.3) is 5.91 Å². The van der Waals surface area contributed by atoms with E-state index in [1.807, 2.05) is 48.3 Å². The van der Waals surface area contributed by atoms with Crippen LogP contribution in [0.4, 0.5) is 0 Å². The van der Waals surface area contributed by atoms with Gasteiger partial charge in [-0.3, -0.25) is 4.79 Å². The van der Waals surface area contributed by atoms with Crippen LogP contribution in [0.15, 0.2) is 59.5 Å². The van der Waals surface area contributed by atoms with E-state index in [1.165, 1.54) is 5.56 Å². The van der Waals surface area contributed by atoms with E-state index in [4.69, 9.17) is 0 Å². The average Bonchev–Trinajstić information content (AvgIpc) is 2.55. The lowest BCUT2D eigenvalue weighted by atomic mass is 10.2. The molecule has 110 valence electrons. The van der Waals surface area contributed by atoms with Crippen molar-refractivity contribution in [1.29, 1.82) is 0 Å². The molecule has 0 spiro atoms. The Labute approximate surface area is 134 Å². The highest BCUT2D eigenvalue weighted by atomic mass is 32.2. The van der Waals surface area contributed by atoms with Gasteiger partial charge in [-0.05, 0) is 24.0 Å². The fraction of sp³-hybridized carbons (Fsp3) is 0.235. The maximum Gasteiger partial charge on any atom is 0.252 e. The molecule has 0 saturated carbocycles. The van der Waals surface area contributed by atoms with Crippen molar-refractivity contribution in [3.63, 3.8) is 0 Å². The lowest BCUT2D eigenvalue weighted by molar-refractivity contribution is 0.0953. The van der Waals surface area contributed by atoms with E-state index in [-0.39, 0.29) is 5.91 Å². The minimum Gasteiger partial charge on any atom is -0.351 e. The molecule has 2 aromatic rings. The molecule has 2 aromatic carbocycles. The molecule has 0 aliphatic rings. The summed E-state index contributed by atoms with van der Waals surface area (Å²) in [6.07, 6.45) is 1.99. The van der Waals surface area contributed by atoms with Crippen LogP contribution in [0.25, 0.3) is 0 Å². The highest BCUT2D eigenvalue weighted by Crippen LogP contribution is 2.19. The highest BCUT2D eigenvalue weighted by Gasteiger charge is 2.09. The number of hydrogen-bond acceptors (Lipinski definition) is 3. The molecule has 4 heteroatoms. The van der Waals surface area contributed by atoms with Crippen LogP contribution in [0, 0.1) is 0 Å². The SMILES string of the molecule is CSc1ccccc1C(=O)NCCSCc1ccccc1. The smallest absolute Gasteiger partial charge is 0.252 e. The standard InChI is InChI=1S/C17H19NOS2/c1-20-16-10-6-5-9-15(16)17(19)18-11-12-21-13-14-7-3-2-4-8-14/h2-10H,11-13H2,1H3,(H,18,19). The van der Waals surface area contributed by atoms with Gasteiger partial charge in [-0.25, -0.2) is 0 Å². The van der Waals surface area contributed by atoms with Crippen molar-refractivity contribution in [2.45, 2.75) is 10.6 Å². The summed E-state index contributed by atoms with van der Waals surface area (Å²) in [6, 6.07) is 18.1. The molecule has 1 amide bonds. The molecule has 0 unspecified atom stereocenters. The Morgan fingerprint density at radius 1 is 1.05 bits per heavy atom. The van der Waals surface area contributed by atoms with Gasteiger partial charge in [0.05, 0.1) is 5.56 Å². The van der Waals surface area contributed by atoms with Gasteiger partial charge in [-0.2, -0.15) is 11.8 Å². The van der Waals surface area contributed by atoms with Gasteiger partial charge in [-0.1, -0.05) is 42.5 Å². The number of rotatable bonds is 7. The summed E-state index contributed by atoms with van der Waals surface area (Å²) in [6.45, 7) is 0.694. The van der Waals surface area contributed by atoms with Crippen LogP contribution in [-0.4, -0.2) is 24.5 Å². The third kappa shape index (κ3) is 5.14. The van der Waals surface area contributed by atoms with E-state index in [2.05, 4.69) is 29.6 Å². The molecular weight excluding hydrogens is 298 g/mol. The molecule has 0 aliphatic carbocycles. The topological polar surface area (TPSA) is 29.1 Å². The predicted octanol–water partition coefficient (Wildman–Crippen LogP) is 4.07. The normalized spacial score (nSPS) is 10.3. The van der Waals surface area contributed by atoms with Gasteiger partial charge in [0.15, 0.2) is 0 Å². The molecule has 0 radical (unpaired) electrons. The van der Waals surface area contributed by atoms with Crippen molar-refractivity contribution in [1.82, 2.24) is 5.32 Å². The Bertz CT molecular complexity index is 572. The lowest BCUT2D eigenvalue weighted by Gasteiger charge is -2.08. The summed E-state index contributed by atoms with van der Waals surface area (Å²) in [5.41, 5.74) is 2.08. The summed E-state index contributed by atoms with van der Waals surface area (Å²) in [5.74, 6) is 1.92. The van der Waals surface area contributed by atoms with Crippen molar-refractivity contribution in [2.24, 2.45) is 0 Å². The van der Waals surface area contributed by atoms with Crippen molar-refractivity contribution in [3.8, 4) is 0 Å². The minimum atomic E-state index is 0.0141. The van der Waals surface area contributed by atoms with Gasteiger partial charge >= 0.3 is 0 Å². The number of nitrogens with one attached hydrogen (secondary N) is 1. The summed E-state index contributed by atoms with van der Waals surface area (Å²) in [4.78, 5) is 13.1. The monoisotopic (exact) mass is 317 g/mol. The lowest BCUT2D eigenvalue weighted by Crippen LogP contribution is -2.26. The van der Waals surface area contributed by atoms with Crippen LogP contribution in [-0.2, 0) is 5.75 Å². The highest BCUT2D eigenvalue weighted by molar-refractivity contribution is 7.98. The van der Waals surface area contributed by atoms with E-state index in [1.54, 1.807) is 11.8 Å². The zero-order valence-electron chi connectivity index (χ0n) is 12.0. The first kappa shape index (κ1) is 16.0. The molecule has 0 fully saturated rings. The van der Waals surface area contributed by atoms with E-state index in [9.17, 15) is 4.79 Å². The van der Waals surface area contributed by atoms with Crippen molar-refractivity contribution in [3.05, 3.63) is 65.7 Å². The molecule has 0 aromatic heterocycles. The number of benzene rings is 2. The zero-order chi connectivity index (χ0) is 14.9. The van der Waals surface area contributed by atoms with Gasteiger partial charge in [0.1, 0.15) is 0 Å². The third-order valence-electron chi connectivity index (χ3n) is 3.00. The van der Waals surface area contributed by atoms with E-state index in [0.717, 1.165) is 22.0 Å². The molecule has 21 heavy (non-hydrogen) atoms. The van der Waals surface area contributed by atoms with Gasteiger partial charge in [-0.15, -0.1) is 11.8 Å². The molecule has 0 saturated heterocycles. The molecule has 0 bridgehead atoms. The van der Waals surface area contributed by atoms with Crippen LogP contribution in [0.1, 0.15) is 15.9 Å². The second kappa shape index (κ2) is 8.80. The molecule has 0 aliphatic heterocycles. The van der Waals surface area contributed by atoms with Crippen LogP contribution < -0.4 is 5.32 Å². The van der Waals surface area contributed by atoms with Crippen molar-refractivity contribution >= 4 is 29.4 Å². The number of amides is 1. The average molecular weight is 317 g/mol. The first-order valence-electron chi connectivity index (χ1n) is 6.84. The van der Waals surface area contributed by atoms with Crippen LogP contribution in [0.3, 0.4) is 0 Å². The Hall–Kier alpha value is -1.39. The maximum absolute atomic E-state index is 12.1. The van der Waals surface area contributed by atoms with E-state index < -0.39 is 0 Å². The number of carbonyl (C=O) groups excluding carboxylic acids is 1. The van der Waals surface area contributed by atoms with Crippen molar-refractivity contribution < 1.29 is 4.79 Å². The fourth-order valence-corrected chi connectivity index (χ4v) is 3.34. The molecular formula is C17H19NOS2. The van der Waals surface area contributed by atoms with Gasteiger partial charge < -0.3 is 5.32 Å². The second-order valence-electron chi connectivity index (χ2n) is 4.49. The van der Waals surface area contributed by atoms with Gasteiger partial charge in [0, 0.05) is 22.9 Å². The predicted molar refractivity (Wildman–Crippen MR) is 93.2 cm³/mol.